The largest absolute Gasteiger partial charge is 0.495 e. The normalized spacial score (nSPS) is 10.8. The highest BCUT2D eigenvalue weighted by atomic mass is 79.9. The molecule has 1 aromatic heterocycles. The molecule has 34 heavy (non-hydrogen) atoms. The molecule has 0 saturated heterocycles. The summed E-state index contributed by atoms with van der Waals surface area (Å²) in [5.41, 5.74) is 2.26. The Balaban J connectivity index is 1.61. The van der Waals surface area contributed by atoms with Gasteiger partial charge in [0, 0.05) is 15.2 Å². The number of thioether (sulfide) groups is 1. The molecule has 4 aromatic rings. The average molecular weight is 578 g/mol. The summed E-state index contributed by atoms with van der Waals surface area (Å²) in [7, 11) is 1.61. The van der Waals surface area contributed by atoms with Gasteiger partial charge >= 0.3 is 0 Å². The molecule has 0 atom stereocenters. The summed E-state index contributed by atoms with van der Waals surface area (Å²) in [4.78, 5) is 12.7. The second kappa shape index (κ2) is 11.3. The van der Waals surface area contributed by atoms with Gasteiger partial charge in [0.25, 0.3) is 5.91 Å². The fourth-order valence-corrected chi connectivity index (χ4v) is 4.90. The Morgan fingerprint density at radius 3 is 2.59 bits per heavy atom. The number of halogens is 3. The summed E-state index contributed by atoms with van der Waals surface area (Å²) in [6, 6.07) is 20.5. The van der Waals surface area contributed by atoms with Crippen molar-refractivity contribution in [3.05, 3.63) is 98.2 Å². The molecule has 0 aliphatic carbocycles. The molecule has 0 fully saturated rings. The molecule has 1 heterocycles. The topological polar surface area (TPSA) is 69.0 Å². The van der Waals surface area contributed by atoms with E-state index in [0.717, 1.165) is 15.7 Å². The molecule has 0 saturated carbocycles. The number of benzene rings is 3. The first-order valence-electron chi connectivity index (χ1n) is 10.1. The minimum Gasteiger partial charge on any atom is -0.495 e. The third-order valence-electron chi connectivity index (χ3n) is 4.89. The van der Waals surface area contributed by atoms with Gasteiger partial charge in [0.15, 0.2) is 11.0 Å². The highest BCUT2D eigenvalue weighted by Gasteiger charge is 2.19. The molecule has 0 spiro atoms. The molecule has 6 nitrogen and oxygen atoms in total. The summed E-state index contributed by atoms with van der Waals surface area (Å²) in [6.07, 6.45) is 0. The first kappa shape index (κ1) is 24.6. The van der Waals surface area contributed by atoms with Crippen LogP contribution in [0, 0.1) is 0 Å². The minimum absolute atomic E-state index is 0.141. The molecule has 0 bridgehead atoms. The lowest BCUT2D eigenvalue weighted by Crippen LogP contribution is -2.25. The fraction of sp³-hybridized carbons (Fsp3) is 0.125. The number of hydrogen-bond donors (Lipinski definition) is 1. The van der Waals surface area contributed by atoms with E-state index in [0.29, 0.717) is 33.1 Å². The molecule has 10 heteroatoms. The van der Waals surface area contributed by atoms with Crippen molar-refractivity contribution in [2.45, 2.75) is 17.5 Å². The van der Waals surface area contributed by atoms with Crippen molar-refractivity contribution in [3.63, 3.8) is 0 Å². The Morgan fingerprint density at radius 2 is 1.85 bits per heavy atom. The maximum atomic E-state index is 12.7. The summed E-state index contributed by atoms with van der Waals surface area (Å²) in [6.45, 7) is 0.141. The number of nitrogens with zero attached hydrogens (tertiary/aromatic N) is 3. The highest BCUT2D eigenvalue weighted by Crippen LogP contribution is 2.30. The summed E-state index contributed by atoms with van der Waals surface area (Å²) < 4.78 is 8.49. The first-order chi connectivity index (χ1) is 16.5. The lowest BCUT2D eigenvalue weighted by molar-refractivity contribution is 0.0950. The maximum Gasteiger partial charge on any atom is 0.253 e. The number of ether oxygens (including phenoxy) is 1. The zero-order valence-corrected chi connectivity index (χ0v) is 21.9. The van der Waals surface area contributed by atoms with Crippen LogP contribution in [0.5, 0.6) is 5.75 Å². The van der Waals surface area contributed by atoms with E-state index in [1.807, 2.05) is 41.0 Å². The minimum atomic E-state index is -0.333. The molecule has 174 valence electrons. The molecule has 0 aliphatic heterocycles. The molecule has 0 aliphatic rings. The van der Waals surface area contributed by atoms with Gasteiger partial charge < -0.3 is 10.1 Å². The van der Waals surface area contributed by atoms with Gasteiger partial charge in [-0.3, -0.25) is 9.36 Å². The van der Waals surface area contributed by atoms with Crippen LogP contribution in [0.15, 0.2) is 76.4 Å². The monoisotopic (exact) mass is 576 g/mol. The quantitative estimate of drug-likeness (QED) is 0.240. The van der Waals surface area contributed by atoms with Crippen LogP contribution in [0.4, 0.5) is 0 Å². The van der Waals surface area contributed by atoms with Crippen LogP contribution in [-0.2, 0) is 12.3 Å². The number of carbonyl (C=O) groups excluding carboxylic acids is 1. The van der Waals surface area contributed by atoms with Gasteiger partial charge in [-0.2, -0.15) is 0 Å². The van der Waals surface area contributed by atoms with Crippen LogP contribution in [0.1, 0.15) is 21.7 Å². The van der Waals surface area contributed by atoms with Crippen LogP contribution in [0.3, 0.4) is 0 Å². The van der Waals surface area contributed by atoms with Gasteiger partial charge in [0.1, 0.15) is 5.75 Å². The Bertz CT molecular complexity index is 1310. The predicted molar refractivity (Wildman–Crippen MR) is 139 cm³/mol. The lowest BCUT2D eigenvalue weighted by atomic mass is 10.2. The van der Waals surface area contributed by atoms with E-state index in [1.54, 1.807) is 31.0 Å². The van der Waals surface area contributed by atoms with Gasteiger partial charge in [-0.15, -0.1) is 10.2 Å². The first-order valence-corrected chi connectivity index (χ1v) is 12.7. The smallest absolute Gasteiger partial charge is 0.253 e. The van der Waals surface area contributed by atoms with Gasteiger partial charge in [0.05, 0.1) is 29.9 Å². The molecule has 1 amide bonds. The van der Waals surface area contributed by atoms with E-state index in [1.165, 1.54) is 6.07 Å². The van der Waals surface area contributed by atoms with Crippen molar-refractivity contribution in [3.8, 4) is 11.4 Å². The Morgan fingerprint density at radius 1 is 1.09 bits per heavy atom. The van der Waals surface area contributed by atoms with E-state index < -0.39 is 0 Å². The number of hydrogen-bond acceptors (Lipinski definition) is 5. The van der Waals surface area contributed by atoms with Crippen LogP contribution >= 0.6 is 50.9 Å². The van der Waals surface area contributed by atoms with Crippen molar-refractivity contribution in [1.29, 1.82) is 0 Å². The van der Waals surface area contributed by atoms with Gasteiger partial charge in [-0.1, -0.05) is 75.2 Å². The molecular weight excluding hydrogens is 559 g/mol. The third-order valence-corrected chi connectivity index (χ3v) is 6.97. The Labute approximate surface area is 219 Å². The Hall–Kier alpha value is -2.52. The zero-order chi connectivity index (χ0) is 24.1. The van der Waals surface area contributed by atoms with Crippen LogP contribution in [0.25, 0.3) is 5.69 Å². The van der Waals surface area contributed by atoms with E-state index >= 15 is 0 Å². The fourth-order valence-electron chi connectivity index (χ4n) is 3.22. The number of nitrogens with one attached hydrogen (secondary N) is 1. The van der Waals surface area contributed by atoms with Gasteiger partial charge in [0.2, 0.25) is 0 Å². The van der Waals surface area contributed by atoms with Crippen LogP contribution in [0.2, 0.25) is 10.0 Å². The molecule has 3 aromatic carbocycles. The Kier molecular flexibility index (Phi) is 8.15. The standard InChI is InChI=1S/C24H19BrCl2N4O2S/c1-33-21-5-3-2-4-20(21)31-22(13-28-23(32)18-11-10-17(26)12-19(18)27)29-30-24(31)34-14-15-6-8-16(25)9-7-15/h2-12H,13-14H2,1H3,(H,28,32). The number of rotatable bonds is 8. The number of aromatic nitrogens is 3. The second-order valence-corrected chi connectivity index (χ2v) is 9.83. The number of carbonyl (C=O) groups is 1. The second-order valence-electron chi connectivity index (χ2n) is 7.13. The third kappa shape index (κ3) is 5.75. The molecule has 1 N–H and O–H groups in total. The number of amides is 1. The molecule has 0 unspecified atom stereocenters. The van der Waals surface area contributed by atoms with Crippen molar-refractivity contribution in [2.75, 3.05) is 7.11 Å². The SMILES string of the molecule is COc1ccccc1-n1c(CNC(=O)c2ccc(Cl)cc2Cl)nnc1SCc1ccc(Br)cc1. The average Bonchev–Trinajstić information content (AvgIpc) is 3.24. The summed E-state index contributed by atoms with van der Waals surface area (Å²) in [5.74, 6) is 1.59. The summed E-state index contributed by atoms with van der Waals surface area (Å²) in [5, 5.41) is 13.0. The lowest BCUT2D eigenvalue weighted by Gasteiger charge is -2.14. The molecular formula is C24H19BrCl2N4O2S. The van der Waals surface area contributed by atoms with Crippen LogP contribution in [-0.4, -0.2) is 27.8 Å². The summed E-state index contributed by atoms with van der Waals surface area (Å²) >= 11 is 17.1. The van der Waals surface area contributed by atoms with Gasteiger partial charge in [-0.25, -0.2) is 0 Å². The van der Waals surface area contributed by atoms with Crippen LogP contribution < -0.4 is 10.1 Å². The van der Waals surface area contributed by atoms with Crippen molar-refractivity contribution in [1.82, 2.24) is 20.1 Å². The highest BCUT2D eigenvalue weighted by molar-refractivity contribution is 9.10. The maximum absolute atomic E-state index is 12.7. The van der Waals surface area contributed by atoms with Crippen molar-refractivity contribution in [2.24, 2.45) is 0 Å². The molecule has 0 radical (unpaired) electrons. The van der Waals surface area contributed by atoms with Crippen molar-refractivity contribution < 1.29 is 9.53 Å². The van der Waals surface area contributed by atoms with E-state index in [9.17, 15) is 4.79 Å². The predicted octanol–water partition coefficient (Wildman–Crippen LogP) is 6.57. The molecule has 4 rings (SSSR count). The number of methoxy groups -OCH3 is 1. The van der Waals surface area contributed by atoms with E-state index in [2.05, 4.69) is 43.6 Å². The van der Waals surface area contributed by atoms with Gasteiger partial charge in [-0.05, 0) is 48.0 Å². The van der Waals surface area contributed by atoms with E-state index in [4.69, 9.17) is 27.9 Å². The van der Waals surface area contributed by atoms with E-state index in [-0.39, 0.29) is 17.5 Å². The zero-order valence-electron chi connectivity index (χ0n) is 18.0. The number of para-hydroxylation sites is 2. The van der Waals surface area contributed by atoms with Crippen molar-refractivity contribution >= 4 is 56.8 Å².